The summed E-state index contributed by atoms with van der Waals surface area (Å²) < 4.78 is 24.7. The van der Waals surface area contributed by atoms with Gasteiger partial charge in [0, 0.05) is 17.1 Å². The van der Waals surface area contributed by atoms with Crippen molar-refractivity contribution in [2.45, 2.75) is 56.5 Å². The number of hydrogen-bond donors (Lipinski definition) is 2. The van der Waals surface area contributed by atoms with Gasteiger partial charge >= 0.3 is 0 Å². The van der Waals surface area contributed by atoms with Crippen LogP contribution < -0.4 is 20.1 Å². The van der Waals surface area contributed by atoms with Gasteiger partial charge in [-0.05, 0) is 67.0 Å². The zero-order chi connectivity index (χ0) is 24.1. The number of carbonyl (C=O) groups excluding carboxylic acids is 2. The standard InChI is InChI=1S/C26H26ClFN2O4/c1-15(2)16-3-7-21-17(9-16)4-8-22(34-21)24(32)30-26-12-25(13-26,14-26)29-23(31)11-33-18-5-6-19(27)20(28)10-18/h3,5-10,15H,4,11-14H2,1-2H3,(H,29,31)(H,30,32). The molecule has 0 saturated heterocycles. The summed E-state index contributed by atoms with van der Waals surface area (Å²) in [5.74, 6) is 0.592. The summed E-state index contributed by atoms with van der Waals surface area (Å²) in [4.78, 5) is 25.1. The Balaban J connectivity index is 1.09. The molecule has 2 N–H and O–H groups in total. The van der Waals surface area contributed by atoms with E-state index in [2.05, 4.69) is 30.5 Å². The number of carbonyl (C=O) groups is 2. The molecule has 6 nitrogen and oxygen atoms in total. The first-order valence-corrected chi connectivity index (χ1v) is 11.8. The summed E-state index contributed by atoms with van der Waals surface area (Å²) >= 11 is 5.65. The van der Waals surface area contributed by atoms with Gasteiger partial charge in [0.2, 0.25) is 0 Å². The van der Waals surface area contributed by atoms with Crippen molar-refractivity contribution < 1.29 is 23.5 Å². The molecule has 0 unspecified atom stereocenters. The van der Waals surface area contributed by atoms with E-state index < -0.39 is 5.82 Å². The molecule has 8 heteroatoms. The smallest absolute Gasteiger partial charge is 0.287 e. The van der Waals surface area contributed by atoms with Gasteiger partial charge in [0.1, 0.15) is 17.3 Å². The summed E-state index contributed by atoms with van der Waals surface area (Å²) in [7, 11) is 0. The highest BCUT2D eigenvalue weighted by Gasteiger charge is 2.69. The fourth-order valence-corrected chi connectivity index (χ4v) is 5.24. The average molecular weight is 485 g/mol. The van der Waals surface area contributed by atoms with Crippen LogP contribution in [-0.4, -0.2) is 29.5 Å². The Kier molecular flexibility index (Phi) is 5.55. The van der Waals surface area contributed by atoms with Gasteiger partial charge in [-0.25, -0.2) is 4.39 Å². The average Bonchev–Trinajstić information content (AvgIpc) is 2.76. The number of allylic oxidation sites excluding steroid dienone is 1. The lowest BCUT2D eigenvalue weighted by Crippen LogP contribution is -2.84. The number of fused-ring (bicyclic) bond motifs is 1. The van der Waals surface area contributed by atoms with Crippen molar-refractivity contribution in [1.29, 1.82) is 0 Å². The quantitative estimate of drug-likeness (QED) is 0.610. The Morgan fingerprint density at radius 2 is 1.85 bits per heavy atom. The fraction of sp³-hybridized carbons (Fsp3) is 0.385. The lowest BCUT2D eigenvalue weighted by Gasteiger charge is -2.70. The van der Waals surface area contributed by atoms with Crippen molar-refractivity contribution in [2.24, 2.45) is 0 Å². The van der Waals surface area contributed by atoms with E-state index in [1.807, 2.05) is 18.2 Å². The maximum atomic E-state index is 13.5. The van der Waals surface area contributed by atoms with Crippen molar-refractivity contribution in [2.75, 3.05) is 6.61 Å². The summed E-state index contributed by atoms with van der Waals surface area (Å²) in [6, 6.07) is 10.1. The van der Waals surface area contributed by atoms with E-state index in [-0.39, 0.29) is 40.3 Å². The summed E-state index contributed by atoms with van der Waals surface area (Å²) in [6.07, 6.45) is 4.46. The predicted molar refractivity (Wildman–Crippen MR) is 125 cm³/mol. The van der Waals surface area contributed by atoms with Crippen LogP contribution in [0, 0.1) is 5.82 Å². The number of halogens is 2. The van der Waals surface area contributed by atoms with E-state index in [9.17, 15) is 14.0 Å². The van der Waals surface area contributed by atoms with E-state index >= 15 is 0 Å². The summed E-state index contributed by atoms with van der Waals surface area (Å²) in [6.45, 7) is 4.07. The van der Waals surface area contributed by atoms with Gasteiger partial charge in [-0.3, -0.25) is 9.59 Å². The molecule has 178 valence electrons. The maximum absolute atomic E-state index is 13.5. The first kappa shape index (κ1) is 22.7. The second-order valence-electron chi connectivity index (χ2n) is 9.85. The molecule has 2 amide bonds. The number of rotatable bonds is 7. The van der Waals surface area contributed by atoms with Crippen LogP contribution in [0.15, 0.2) is 48.2 Å². The van der Waals surface area contributed by atoms with Crippen molar-refractivity contribution in [3.05, 3.63) is 70.2 Å². The van der Waals surface area contributed by atoms with E-state index in [1.165, 1.54) is 17.7 Å². The molecule has 3 aliphatic carbocycles. The third kappa shape index (κ3) is 4.25. The third-order valence-corrected chi connectivity index (χ3v) is 7.08. The topological polar surface area (TPSA) is 76.7 Å². The number of hydrogen-bond acceptors (Lipinski definition) is 4. The normalized spacial score (nSPS) is 24.1. The zero-order valence-electron chi connectivity index (χ0n) is 19.0. The first-order chi connectivity index (χ1) is 16.2. The maximum Gasteiger partial charge on any atom is 0.287 e. The van der Waals surface area contributed by atoms with Crippen LogP contribution in [-0.2, 0) is 16.0 Å². The molecule has 2 bridgehead atoms. The molecule has 6 rings (SSSR count). The first-order valence-electron chi connectivity index (χ1n) is 11.4. The molecular weight excluding hydrogens is 459 g/mol. The molecule has 1 heterocycles. The van der Waals surface area contributed by atoms with E-state index in [1.54, 1.807) is 0 Å². The van der Waals surface area contributed by atoms with E-state index in [4.69, 9.17) is 21.1 Å². The van der Waals surface area contributed by atoms with Gasteiger partial charge in [0.15, 0.2) is 12.4 Å². The second kappa shape index (κ2) is 8.31. The van der Waals surface area contributed by atoms with Crippen molar-refractivity contribution in [3.63, 3.8) is 0 Å². The molecule has 4 aliphatic rings. The second-order valence-corrected chi connectivity index (χ2v) is 10.3. The highest BCUT2D eigenvalue weighted by atomic mass is 35.5. The lowest BCUT2D eigenvalue weighted by molar-refractivity contribution is -0.149. The van der Waals surface area contributed by atoms with Gasteiger partial charge in [0.25, 0.3) is 11.8 Å². The zero-order valence-corrected chi connectivity index (χ0v) is 19.8. The molecular formula is C26H26ClFN2O4. The van der Waals surface area contributed by atoms with Crippen LogP contribution in [0.5, 0.6) is 11.5 Å². The molecule has 0 spiro atoms. The SMILES string of the molecule is CC(C)c1ccc2c(c1)CC=C(C(=O)NC13CC(NC(=O)COc4ccc(Cl)c(F)c4)(C1)C3)O2. The van der Waals surface area contributed by atoms with Crippen molar-refractivity contribution in [1.82, 2.24) is 10.6 Å². The minimum absolute atomic E-state index is 0.00289. The number of amides is 2. The summed E-state index contributed by atoms with van der Waals surface area (Å²) in [5, 5.41) is 6.06. The van der Waals surface area contributed by atoms with E-state index in [0.717, 1.165) is 17.4 Å². The molecule has 0 atom stereocenters. The molecule has 3 saturated carbocycles. The highest BCUT2D eigenvalue weighted by molar-refractivity contribution is 6.30. The minimum Gasteiger partial charge on any atom is -0.484 e. The largest absolute Gasteiger partial charge is 0.484 e. The van der Waals surface area contributed by atoms with Crippen LogP contribution in [0.3, 0.4) is 0 Å². The Bertz CT molecular complexity index is 1190. The van der Waals surface area contributed by atoms with Gasteiger partial charge < -0.3 is 20.1 Å². The Labute approximate surface area is 202 Å². The molecule has 0 radical (unpaired) electrons. The van der Waals surface area contributed by atoms with Gasteiger partial charge in [-0.1, -0.05) is 37.6 Å². The summed E-state index contributed by atoms with van der Waals surface area (Å²) in [5.41, 5.74) is 1.70. The van der Waals surface area contributed by atoms with Crippen molar-refractivity contribution in [3.8, 4) is 11.5 Å². The Hall–Kier alpha value is -3.06. The monoisotopic (exact) mass is 484 g/mol. The Morgan fingerprint density at radius 1 is 1.12 bits per heavy atom. The Morgan fingerprint density at radius 3 is 2.56 bits per heavy atom. The molecule has 0 aromatic heterocycles. The lowest BCUT2D eigenvalue weighted by atomic mass is 9.44. The van der Waals surface area contributed by atoms with Crippen LogP contribution in [0.1, 0.15) is 50.2 Å². The molecule has 1 aliphatic heterocycles. The molecule has 3 fully saturated rings. The van der Waals surface area contributed by atoms with Crippen molar-refractivity contribution >= 4 is 23.4 Å². The van der Waals surface area contributed by atoms with Crippen LogP contribution >= 0.6 is 11.6 Å². The van der Waals surface area contributed by atoms with E-state index in [0.29, 0.717) is 37.4 Å². The molecule has 2 aromatic carbocycles. The predicted octanol–water partition coefficient (Wildman–Crippen LogP) is 4.41. The number of nitrogens with one attached hydrogen (secondary N) is 2. The fourth-order valence-electron chi connectivity index (χ4n) is 5.12. The van der Waals surface area contributed by atoms with Gasteiger partial charge in [-0.15, -0.1) is 0 Å². The molecule has 34 heavy (non-hydrogen) atoms. The number of benzene rings is 2. The minimum atomic E-state index is -0.600. The van der Waals surface area contributed by atoms with Crippen LogP contribution in [0.2, 0.25) is 5.02 Å². The number of ether oxygens (including phenoxy) is 2. The molecule has 2 aromatic rings. The van der Waals surface area contributed by atoms with Crippen LogP contribution in [0.25, 0.3) is 0 Å². The third-order valence-electron chi connectivity index (χ3n) is 6.78. The highest BCUT2D eigenvalue weighted by Crippen LogP contribution is 2.60. The van der Waals surface area contributed by atoms with Crippen LogP contribution in [0.4, 0.5) is 4.39 Å². The van der Waals surface area contributed by atoms with Gasteiger partial charge in [-0.2, -0.15) is 0 Å². The van der Waals surface area contributed by atoms with Gasteiger partial charge in [0.05, 0.1) is 5.02 Å².